The van der Waals surface area contributed by atoms with Crippen molar-refractivity contribution in [1.82, 2.24) is 0 Å². The molecule has 0 saturated carbocycles. The third-order valence-electron chi connectivity index (χ3n) is 4.05. The molecule has 0 bridgehead atoms. The summed E-state index contributed by atoms with van der Waals surface area (Å²) in [6, 6.07) is 25.0. The molecule has 3 aromatic carbocycles. The minimum Gasteiger partial charge on any atom is -0.326 e. The third kappa shape index (κ3) is 2.19. The second kappa shape index (κ2) is 5.15. The lowest BCUT2D eigenvalue weighted by molar-refractivity contribution is -0.115. The number of amides is 1. The maximum atomic E-state index is 11.5. The molecule has 0 radical (unpaired) electrons. The van der Waals surface area contributed by atoms with E-state index in [1.807, 2.05) is 12.1 Å². The van der Waals surface area contributed by atoms with Crippen molar-refractivity contribution in [2.75, 3.05) is 5.32 Å². The molecule has 1 aliphatic heterocycles. The number of hydrogen-bond donors (Lipinski definition) is 1. The van der Waals surface area contributed by atoms with Crippen molar-refractivity contribution in [3.05, 3.63) is 78.4 Å². The van der Waals surface area contributed by atoms with E-state index >= 15 is 0 Å². The Morgan fingerprint density at radius 2 is 1.41 bits per heavy atom. The number of hydrogen-bond acceptors (Lipinski definition) is 1. The highest BCUT2D eigenvalue weighted by Gasteiger charge is 2.18. The van der Waals surface area contributed by atoms with Gasteiger partial charge in [-0.25, -0.2) is 0 Å². The fourth-order valence-electron chi connectivity index (χ4n) is 3.00. The molecule has 1 amide bonds. The average Bonchev–Trinajstić information content (AvgIpc) is 2.95. The van der Waals surface area contributed by atoms with Crippen molar-refractivity contribution in [1.29, 1.82) is 0 Å². The second-order valence-corrected chi connectivity index (χ2v) is 5.51. The van der Waals surface area contributed by atoms with Crippen LogP contribution in [0.2, 0.25) is 0 Å². The molecule has 22 heavy (non-hydrogen) atoms. The SMILES string of the molecule is O=C1Cc2cc(-c3ccccc3-c3ccccc3)ccc2N1. The Labute approximate surface area is 129 Å². The number of fused-ring (bicyclic) bond motifs is 1. The highest BCUT2D eigenvalue weighted by molar-refractivity contribution is 6.00. The number of anilines is 1. The molecule has 1 aliphatic rings. The molecule has 0 unspecified atom stereocenters. The quantitative estimate of drug-likeness (QED) is 0.737. The standard InChI is InChI=1S/C20H15NO/c22-20-13-16-12-15(10-11-19(16)21-20)18-9-5-4-8-17(18)14-6-2-1-3-7-14/h1-12H,13H2,(H,21,22). The summed E-state index contributed by atoms with van der Waals surface area (Å²) in [6.07, 6.45) is 0.469. The molecule has 3 aromatic rings. The van der Waals surface area contributed by atoms with Crippen molar-refractivity contribution in [3.63, 3.8) is 0 Å². The number of nitrogens with one attached hydrogen (secondary N) is 1. The topological polar surface area (TPSA) is 29.1 Å². The molecule has 4 rings (SSSR count). The summed E-state index contributed by atoms with van der Waals surface area (Å²) in [5, 5.41) is 2.88. The maximum Gasteiger partial charge on any atom is 0.228 e. The molecule has 1 heterocycles. The lowest BCUT2D eigenvalue weighted by Crippen LogP contribution is -2.03. The van der Waals surface area contributed by atoms with Gasteiger partial charge in [0.1, 0.15) is 0 Å². The summed E-state index contributed by atoms with van der Waals surface area (Å²) in [6.45, 7) is 0. The van der Waals surface area contributed by atoms with Crippen molar-refractivity contribution >= 4 is 11.6 Å². The minimum atomic E-state index is 0.0727. The molecule has 0 saturated heterocycles. The van der Waals surface area contributed by atoms with E-state index in [4.69, 9.17) is 0 Å². The zero-order valence-corrected chi connectivity index (χ0v) is 12.0. The minimum absolute atomic E-state index is 0.0727. The first-order valence-corrected chi connectivity index (χ1v) is 7.39. The lowest BCUT2D eigenvalue weighted by Gasteiger charge is -2.11. The fourth-order valence-corrected chi connectivity index (χ4v) is 3.00. The highest BCUT2D eigenvalue weighted by Crippen LogP contribution is 2.35. The molecule has 0 fully saturated rings. The van der Waals surface area contributed by atoms with Gasteiger partial charge in [0.25, 0.3) is 0 Å². The van der Waals surface area contributed by atoms with Crippen molar-refractivity contribution in [2.45, 2.75) is 6.42 Å². The summed E-state index contributed by atoms with van der Waals surface area (Å²) in [5.74, 6) is 0.0727. The van der Waals surface area contributed by atoms with Gasteiger partial charge in [0.05, 0.1) is 6.42 Å². The van der Waals surface area contributed by atoms with E-state index < -0.39 is 0 Å². The first-order valence-electron chi connectivity index (χ1n) is 7.39. The summed E-state index contributed by atoms with van der Waals surface area (Å²) >= 11 is 0. The van der Waals surface area contributed by atoms with E-state index in [1.165, 1.54) is 16.7 Å². The van der Waals surface area contributed by atoms with Crippen LogP contribution in [0.15, 0.2) is 72.8 Å². The van der Waals surface area contributed by atoms with Crippen LogP contribution >= 0.6 is 0 Å². The number of carbonyl (C=O) groups excluding carboxylic acids is 1. The Bertz CT molecular complexity index is 853. The van der Waals surface area contributed by atoms with E-state index in [-0.39, 0.29) is 5.91 Å². The van der Waals surface area contributed by atoms with Crippen LogP contribution in [0.3, 0.4) is 0 Å². The highest BCUT2D eigenvalue weighted by atomic mass is 16.1. The molecule has 106 valence electrons. The molecule has 2 heteroatoms. The van der Waals surface area contributed by atoms with Crippen LogP contribution in [-0.4, -0.2) is 5.91 Å². The number of benzene rings is 3. The van der Waals surface area contributed by atoms with Crippen LogP contribution in [0.4, 0.5) is 5.69 Å². The van der Waals surface area contributed by atoms with Crippen molar-refractivity contribution in [2.24, 2.45) is 0 Å². The van der Waals surface area contributed by atoms with Gasteiger partial charge in [-0.3, -0.25) is 4.79 Å². The average molecular weight is 285 g/mol. The van der Waals surface area contributed by atoms with Crippen LogP contribution in [-0.2, 0) is 11.2 Å². The van der Waals surface area contributed by atoms with E-state index in [0.717, 1.165) is 16.8 Å². The van der Waals surface area contributed by atoms with Crippen LogP contribution in [0, 0.1) is 0 Å². The maximum absolute atomic E-state index is 11.5. The largest absolute Gasteiger partial charge is 0.326 e. The molecular weight excluding hydrogens is 270 g/mol. The van der Waals surface area contributed by atoms with E-state index in [2.05, 4.69) is 66.0 Å². The van der Waals surface area contributed by atoms with E-state index in [1.54, 1.807) is 0 Å². The van der Waals surface area contributed by atoms with Crippen molar-refractivity contribution < 1.29 is 4.79 Å². The summed E-state index contributed by atoms with van der Waals surface area (Å²) in [7, 11) is 0. The molecule has 2 nitrogen and oxygen atoms in total. The smallest absolute Gasteiger partial charge is 0.228 e. The molecule has 0 aromatic heterocycles. The first-order chi connectivity index (χ1) is 10.8. The third-order valence-corrected chi connectivity index (χ3v) is 4.05. The Morgan fingerprint density at radius 1 is 0.727 bits per heavy atom. The Hall–Kier alpha value is -2.87. The van der Waals surface area contributed by atoms with Gasteiger partial charge in [0.15, 0.2) is 0 Å². The predicted octanol–water partition coefficient (Wildman–Crippen LogP) is 4.52. The van der Waals surface area contributed by atoms with Gasteiger partial charge in [-0.2, -0.15) is 0 Å². The molecule has 0 aliphatic carbocycles. The Balaban J connectivity index is 1.85. The Morgan fingerprint density at radius 3 is 2.18 bits per heavy atom. The van der Waals surface area contributed by atoms with Gasteiger partial charge >= 0.3 is 0 Å². The summed E-state index contributed by atoms with van der Waals surface area (Å²) in [4.78, 5) is 11.5. The summed E-state index contributed by atoms with van der Waals surface area (Å²) in [5.41, 5.74) is 6.76. The van der Waals surface area contributed by atoms with Gasteiger partial charge in [0, 0.05) is 5.69 Å². The second-order valence-electron chi connectivity index (χ2n) is 5.51. The van der Waals surface area contributed by atoms with Gasteiger partial charge in [0.2, 0.25) is 5.91 Å². The molecule has 0 spiro atoms. The van der Waals surface area contributed by atoms with Gasteiger partial charge < -0.3 is 5.32 Å². The zero-order valence-electron chi connectivity index (χ0n) is 12.0. The van der Waals surface area contributed by atoms with Gasteiger partial charge in [-0.1, -0.05) is 60.7 Å². The number of carbonyl (C=O) groups is 1. The molecule has 1 N–H and O–H groups in total. The van der Waals surface area contributed by atoms with Gasteiger partial charge in [-0.15, -0.1) is 0 Å². The van der Waals surface area contributed by atoms with Crippen LogP contribution in [0.25, 0.3) is 22.3 Å². The van der Waals surface area contributed by atoms with Crippen LogP contribution in [0.1, 0.15) is 5.56 Å². The zero-order chi connectivity index (χ0) is 14.9. The lowest BCUT2D eigenvalue weighted by atomic mass is 9.93. The fraction of sp³-hybridized carbons (Fsp3) is 0.0500. The number of rotatable bonds is 2. The predicted molar refractivity (Wildman–Crippen MR) is 89.6 cm³/mol. The first kappa shape index (κ1) is 12.8. The van der Waals surface area contributed by atoms with Crippen LogP contribution < -0.4 is 5.32 Å². The Kier molecular flexibility index (Phi) is 3.01. The van der Waals surface area contributed by atoms with Gasteiger partial charge in [-0.05, 0) is 39.9 Å². The van der Waals surface area contributed by atoms with E-state index in [0.29, 0.717) is 6.42 Å². The normalized spacial score (nSPS) is 12.8. The molecule has 0 atom stereocenters. The summed E-state index contributed by atoms with van der Waals surface area (Å²) < 4.78 is 0. The van der Waals surface area contributed by atoms with E-state index in [9.17, 15) is 4.79 Å². The monoisotopic (exact) mass is 285 g/mol. The molecular formula is C20H15NO. The van der Waals surface area contributed by atoms with Crippen LogP contribution in [0.5, 0.6) is 0 Å². The van der Waals surface area contributed by atoms with Crippen molar-refractivity contribution in [3.8, 4) is 22.3 Å².